The standard InChI is InChI=1S/C26H42O3/c1-20(28-25(3)14-7-5-8-15-25)18-22-12-11-13-24(27)23(22)19-21(2)29-26(4)16-9-6-10-17-26/h11-13,20-21,27H,5-10,14-19H2,1-4H3. The van der Waals surface area contributed by atoms with E-state index in [2.05, 4.69) is 33.8 Å². The molecule has 164 valence electrons. The molecule has 0 heterocycles. The molecule has 3 nitrogen and oxygen atoms in total. The molecule has 0 aromatic heterocycles. The Bertz CT molecular complexity index is 641. The van der Waals surface area contributed by atoms with Crippen molar-refractivity contribution in [3.05, 3.63) is 29.3 Å². The first-order chi connectivity index (χ1) is 13.8. The van der Waals surface area contributed by atoms with Crippen LogP contribution in [0.4, 0.5) is 0 Å². The lowest BCUT2D eigenvalue weighted by Crippen LogP contribution is -2.36. The molecule has 1 N–H and O–H groups in total. The van der Waals surface area contributed by atoms with Crippen molar-refractivity contribution in [1.29, 1.82) is 0 Å². The van der Waals surface area contributed by atoms with E-state index >= 15 is 0 Å². The monoisotopic (exact) mass is 402 g/mol. The average molecular weight is 403 g/mol. The van der Waals surface area contributed by atoms with E-state index in [4.69, 9.17) is 9.47 Å². The third-order valence-corrected chi connectivity index (χ3v) is 7.04. The summed E-state index contributed by atoms with van der Waals surface area (Å²) in [5.74, 6) is 0.392. The predicted molar refractivity (Wildman–Crippen MR) is 120 cm³/mol. The number of rotatable bonds is 8. The Morgan fingerprint density at radius 1 is 0.793 bits per heavy atom. The van der Waals surface area contributed by atoms with Crippen molar-refractivity contribution in [3.63, 3.8) is 0 Å². The molecule has 2 aliphatic rings. The number of ether oxygens (including phenoxy) is 2. The van der Waals surface area contributed by atoms with Crippen LogP contribution >= 0.6 is 0 Å². The molecule has 2 atom stereocenters. The summed E-state index contributed by atoms with van der Waals surface area (Å²) in [7, 11) is 0. The Labute approximate surface area is 178 Å². The Kier molecular flexibility index (Phi) is 7.67. The number of aromatic hydroxyl groups is 1. The van der Waals surface area contributed by atoms with E-state index in [0.717, 1.165) is 44.1 Å². The first-order valence-electron chi connectivity index (χ1n) is 11.9. The maximum absolute atomic E-state index is 10.6. The van der Waals surface area contributed by atoms with Gasteiger partial charge in [-0.2, -0.15) is 0 Å². The van der Waals surface area contributed by atoms with Gasteiger partial charge in [0.15, 0.2) is 0 Å². The van der Waals surface area contributed by atoms with Crippen molar-refractivity contribution < 1.29 is 14.6 Å². The quantitative estimate of drug-likeness (QED) is 0.524. The zero-order chi connectivity index (χ0) is 20.9. The Hall–Kier alpha value is -1.06. The maximum Gasteiger partial charge on any atom is 0.119 e. The summed E-state index contributed by atoms with van der Waals surface area (Å²) < 4.78 is 13.0. The van der Waals surface area contributed by atoms with Gasteiger partial charge in [-0.1, -0.05) is 50.7 Å². The molecule has 3 heteroatoms. The van der Waals surface area contributed by atoms with Crippen molar-refractivity contribution in [2.75, 3.05) is 0 Å². The molecule has 3 rings (SSSR count). The summed E-state index contributed by atoms with van der Waals surface area (Å²) in [6, 6.07) is 5.91. The van der Waals surface area contributed by atoms with Crippen molar-refractivity contribution in [2.24, 2.45) is 0 Å². The van der Waals surface area contributed by atoms with Crippen LogP contribution in [0.2, 0.25) is 0 Å². The van der Waals surface area contributed by atoms with E-state index in [1.165, 1.54) is 44.1 Å². The number of phenolic OH excluding ortho intramolecular Hbond substituents is 1. The van der Waals surface area contributed by atoms with Crippen LogP contribution in [-0.2, 0) is 22.3 Å². The van der Waals surface area contributed by atoms with Crippen LogP contribution in [0.1, 0.15) is 103 Å². The highest BCUT2D eigenvalue weighted by molar-refractivity contribution is 5.40. The fourth-order valence-electron chi connectivity index (χ4n) is 5.53. The Morgan fingerprint density at radius 3 is 1.79 bits per heavy atom. The minimum atomic E-state index is -0.00575. The number of phenols is 1. The minimum Gasteiger partial charge on any atom is -0.508 e. The van der Waals surface area contributed by atoms with Gasteiger partial charge in [-0.05, 0) is 77.0 Å². The van der Waals surface area contributed by atoms with Crippen molar-refractivity contribution in [2.45, 2.75) is 128 Å². The number of hydrogen-bond acceptors (Lipinski definition) is 3. The Morgan fingerprint density at radius 2 is 1.28 bits per heavy atom. The van der Waals surface area contributed by atoms with E-state index in [0.29, 0.717) is 5.75 Å². The van der Waals surface area contributed by atoms with E-state index in [1.54, 1.807) is 0 Å². The zero-order valence-corrected chi connectivity index (χ0v) is 19.1. The minimum absolute atomic E-state index is 0.00575. The normalized spacial score (nSPS) is 23.4. The maximum atomic E-state index is 10.6. The largest absolute Gasteiger partial charge is 0.508 e. The predicted octanol–water partition coefficient (Wildman–Crippen LogP) is 6.73. The molecule has 0 saturated heterocycles. The lowest BCUT2D eigenvalue weighted by Gasteiger charge is -2.37. The van der Waals surface area contributed by atoms with Gasteiger partial charge in [-0.25, -0.2) is 0 Å². The second kappa shape index (κ2) is 9.83. The Balaban J connectivity index is 1.63. The fourth-order valence-corrected chi connectivity index (χ4v) is 5.53. The molecular weight excluding hydrogens is 360 g/mol. The summed E-state index contributed by atoms with van der Waals surface area (Å²) in [5, 5.41) is 10.6. The first-order valence-corrected chi connectivity index (χ1v) is 11.9. The molecule has 2 saturated carbocycles. The van der Waals surface area contributed by atoms with E-state index in [1.807, 2.05) is 12.1 Å². The summed E-state index contributed by atoms with van der Waals surface area (Å²) in [6.07, 6.45) is 14.2. The summed E-state index contributed by atoms with van der Waals surface area (Å²) in [6.45, 7) is 8.86. The van der Waals surface area contributed by atoms with Crippen molar-refractivity contribution in [1.82, 2.24) is 0 Å². The average Bonchev–Trinajstić information content (AvgIpc) is 2.65. The third-order valence-electron chi connectivity index (χ3n) is 7.04. The smallest absolute Gasteiger partial charge is 0.119 e. The molecule has 2 unspecified atom stereocenters. The van der Waals surface area contributed by atoms with Crippen molar-refractivity contribution >= 4 is 0 Å². The highest BCUT2D eigenvalue weighted by atomic mass is 16.5. The topological polar surface area (TPSA) is 38.7 Å². The van der Waals surface area contributed by atoms with Gasteiger partial charge in [-0.3, -0.25) is 0 Å². The van der Waals surface area contributed by atoms with Crippen molar-refractivity contribution in [3.8, 4) is 5.75 Å². The van der Waals surface area contributed by atoms with Crippen LogP contribution in [0, 0.1) is 0 Å². The molecule has 1 aromatic rings. The van der Waals surface area contributed by atoms with E-state index < -0.39 is 0 Å². The molecule has 1 aromatic carbocycles. The second-order valence-corrected chi connectivity index (χ2v) is 10.2. The number of hydrogen-bond donors (Lipinski definition) is 1. The lowest BCUT2D eigenvalue weighted by atomic mass is 9.85. The molecule has 2 aliphatic carbocycles. The van der Waals surface area contributed by atoms with Gasteiger partial charge in [0, 0.05) is 6.42 Å². The molecular formula is C26H42O3. The molecule has 2 fully saturated rings. The SMILES string of the molecule is CC(Cc1cccc(O)c1CC(C)OC1(C)CCCCC1)OC1(C)CCCCC1. The van der Waals surface area contributed by atoms with Crippen LogP contribution in [-0.4, -0.2) is 28.5 Å². The van der Waals surface area contributed by atoms with Gasteiger partial charge in [0.1, 0.15) is 5.75 Å². The zero-order valence-electron chi connectivity index (χ0n) is 19.1. The molecule has 0 aliphatic heterocycles. The third kappa shape index (κ3) is 6.46. The van der Waals surface area contributed by atoms with Gasteiger partial charge in [0.05, 0.1) is 23.4 Å². The molecule has 0 spiro atoms. The summed E-state index contributed by atoms with van der Waals surface area (Å²) in [5.41, 5.74) is 2.24. The van der Waals surface area contributed by atoms with Gasteiger partial charge >= 0.3 is 0 Å². The van der Waals surface area contributed by atoms with Gasteiger partial charge in [0.25, 0.3) is 0 Å². The molecule has 0 amide bonds. The van der Waals surface area contributed by atoms with Gasteiger partial charge in [-0.15, -0.1) is 0 Å². The highest BCUT2D eigenvalue weighted by Gasteiger charge is 2.31. The fraction of sp³-hybridized carbons (Fsp3) is 0.769. The summed E-state index contributed by atoms with van der Waals surface area (Å²) in [4.78, 5) is 0. The first kappa shape index (κ1) is 22.6. The molecule has 0 bridgehead atoms. The lowest BCUT2D eigenvalue weighted by molar-refractivity contribution is -0.0967. The molecule has 29 heavy (non-hydrogen) atoms. The van der Waals surface area contributed by atoms with Crippen LogP contribution < -0.4 is 0 Å². The van der Waals surface area contributed by atoms with Crippen LogP contribution in [0.5, 0.6) is 5.75 Å². The molecule has 0 radical (unpaired) electrons. The van der Waals surface area contributed by atoms with Crippen LogP contribution in [0.3, 0.4) is 0 Å². The van der Waals surface area contributed by atoms with Crippen LogP contribution in [0.15, 0.2) is 18.2 Å². The van der Waals surface area contributed by atoms with Crippen LogP contribution in [0.25, 0.3) is 0 Å². The van der Waals surface area contributed by atoms with E-state index in [-0.39, 0.29) is 23.4 Å². The van der Waals surface area contributed by atoms with E-state index in [9.17, 15) is 5.11 Å². The second-order valence-electron chi connectivity index (χ2n) is 10.2. The van der Waals surface area contributed by atoms with Gasteiger partial charge < -0.3 is 14.6 Å². The highest BCUT2D eigenvalue weighted by Crippen LogP contribution is 2.35. The summed E-state index contributed by atoms with van der Waals surface area (Å²) >= 11 is 0. The van der Waals surface area contributed by atoms with Gasteiger partial charge in [0.2, 0.25) is 0 Å². The number of benzene rings is 1.